The zero-order valence-corrected chi connectivity index (χ0v) is 16.7. The summed E-state index contributed by atoms with van der Waals surface area (Å²) in [6.07, 6.45) is 5.84. The smallest absolute Gasteiger partial charge is 0.325 e. The summed E-state index contributed by atoms with van der Waals surface area (Å²) in [6, 6.07) is 4.12. The molecule has 0 unspecified atom stereocenters. The van der Waals surface area contributed by atoms with Crippen molar-refractivity contribution in [2.24, 2.45) is 5.92 Å². The molecule has 1 atom stereocenters. The number of rotatable bonds is 5. The van der Waals surface area contributed by atoms with Crippen molar-refractivity contribution in [3.05, 3.63) is 33.8 Å². The van der Waals surface area contributed by atoms with Crippen LogP contribution in [0, 0.1) is 5.92 Å². The van der Waals surface area contributed by atoms with E-state index in [4.69, 9.17) is 23.2 Å². The summed E-state index contributed by atoms with van der Waals surface area (Å²) in [6.45, 7) is 1.85. The highest BCUT2D eigenvalue weighted by molar-refractivity contribution is 6.35. The molecule has 2 aliphatic rings. The number of halogens is 2. The fourth-order valence-corrected chi connectivity index (χ4v) is 4.36. The third kappa shape index (κ3) is 4.22. The first kappa shape index (κ1) is 20.0. The second-order valence-electron chi connectivity index (χ2n) is 7.38. The average Bonchev–Trinajstić information content (AvgIpc) is 2.84. The average molecular weight is 412 g/mol. The van der Waals surface area contributed by atoms with Gasteiger partial charge in [0.1, 0.15) is 12.1 Å². The molecule has 4 amide bonds. The summed E-state index contributed by atoms with van der Waals surface area (Å²) in [5.41, 5.74) is -0.889. The topological polar surface area (TPSA) is 78.5 Å². The van der Waals surface area contributed by atoms with Crippen LogP contribution in [-0.4, -0.2) is 35.8 Å². The fourth-order valence-electron chi connectivity index (χ4n) is 3.77. The molecule has 8 heteroatoms. The van der Waals surface area contributed by atoms with Gasteiger partial charge in [0.25, 0.3) is 5.91 Å². The molecule has 1 aromatic rings. The molecule has 1 saturated carbocycles. The number of carbonyl (C=O) groups is 3. The molecule has 6 nitrogen and oxygen atoms in total. The Morgan fingerprint density at radius 3 is 2.63 bits per heavy atom. The number of amides is 4. The Morgan fingerprint density at radius 2 is 1.96 bits per heavy atom. The number of imide groups is 1. The number of carbonyl (C=O) groups excluding carboxylic acids is 3. The van der Waals surface area contributed by atoms with E-state index in [1.165, 1.54) is 25.3 Å². The first-order chi connectivity index (χ1) is 12.8. The first-order valence-electron chi connectivity index (χ1n) is 9.17. The Kier molecular flexibility index (Phi) is 5.96. The van der Waals surface area contributed by atoms with Crippen LogP contribution in [0.15, 0.2) is 18.2 Å². The zero-order valence-electron chi connectivity index (χ0n) is 15.2. The predicted octanol–water partition coefficient (Wildman–Crippen LogP) is 3.46. The van der Waals surface area contributed by atoms with E-state index in [2.05, 4.69) is 10.6 Å². The van der Waals surface area contributed by atoms with E-state index in [1.807, 2.05) is 0 Å². The minimum absolute atomic E-state index is 0.280. The van der Waals surface area contributed by atoms with E-state index in [-0.39, 0.29) is 17.5 Å². The van der Waals surface area contributed by atoms with Crippen LogP contribution in [0.3, 0.4) is 0 Å². The van der Waals surface area contributed by atoms with Gasteiger partial charge in [0.15, 0.2) is 0 Å². The second kappa shape index (κ2) is 8.07. The highest BCUT2D eigenvalue weighted by Crippen LogP contribution is 2.34. The molecular formula is C19H23Cl2N3O3. The van der Waals surface area contributed by atoms with Crippen molar-refractivity contribution in [1.29, 1.82) is 0 Å². The molecule has 0 aromatic heterocycles. The van der Waals surface area contributed by atoms with Gasteiger partial charge in [0.05, 0.1) is 0 Å². The highest BCUT2D eigenvalue weighted by Gasteiger charge is 2.50. The largest absolute Gasteiger partial charge is 0.354 e. The van der Waals surface area contributed by atoms with Gasteiger partial charge in [-0.05, 0) is 37.8 Å². The number of urea groups is 1. The molecule has 0 bridgehead atoms. The van der Waals surface area contributed by atoms with E-state index in [0.717, 1.165) is 17.7 Å². The third-order valence-corrected chi connectivity index (χ3v) is 5.91. The summed E-state index contributed by atoms with van der Waals surface area (Å²) in [7, 11) is 0. The van der Waals surface area contributed by atoms with Gasteiger partial charge in [-0.1, -0.05) is 48.5 Å². The highest BCUT2D eigenvalue weighted by atomic mass is 35.5. The minimum atomic E-state index is -1.33. The summed E-state index contributed by atoms with van der Waals surface area (Å²) in [5, 5.41) is 6.21. The van der Waals surface area contributed by atoms with Gasteiger partial charge < -0.3 is 10.6 Å². The Labute approximate surface area is 168 Å². The van der Waals surface area contributed by atoms with E-state index in [0.29, 0.717) is 23.0 Å². The number of benzene rings is 1. The summed E-state index contributed by atoms with van der Waals surface area (Å²) in [5.74, 6) is -0.371. The molecule has 1 aliphatic carbocycles. The van der Waals surface area contributed by atoms with Crippen LogP contribution < -0.4 is 10.6 Å². The van der Waals surface area contributed by atoms with Crippen molar-refractivity contribution >= 4 is 41.0 Å². The Morgan fingerprint density at radius 1 is 1.26 bits per heavy atom. The lowest BCUT2D eigenvalue weighted by atomic mass is 9.89. The molecule has 0 spiro atoms. The molecule has 1 aliphatic heterocycles. The first-order valence-corrected chi connectivity index (χ1v) is 9.93. The molecule has 1 heterocycles. The molecule has 27 heavy (non-hydrogen) atoms. The molecule has 2 fully saturated rings. The van der Waals surface area contributed by atoms with Gasteiger partial charge >= 0.3 is 6.03 Å². The van der Waals surface area contributed by atoms with Crippen LogP contribution >= 0.6 is 23.2 Å². The minimum Gasteiger partial charge on any atom is -0.354 e. The number of hydrogen-bond donors (Lipinski definition) is 2. The molecule has 1 aromatic carbocycles. The molecule has 0 radical (unpaired) electrons. The van der Waals surface area contributed by atoms with E-state index in [9.17, 15) is 14.4 Å². The van der Waals surface area contributed by atoms with Crippen LogP contribution in [0.25, 0.3) is 0 Å². The maximum absolute atomic E-state index is 12.9. The van der Waals surface area contributed by atoms with Crippen molar-refractivity contribution in [2.75, 3.05) is 13.1 Å². The van der Waals surface area contributed by atoms with Crippen LogP contribution in [-0.2, 0) is 15.1 Å². The van der Waals surface area contributed by atoms with Crippen LogP contribution in [0.2, 0.25) is 10.0 Å². The van der Waals surface area contributed by atoms with Crippen molar-refractivity contribution in [3.63, 3.8) is 0 Å². The molecule has 2 N–H and O–H groups in total. The summed E-state index contributed by atoms with van der Waals surface area (Å²) < 4.78 is 0. The van der Waals surface area contributed by atoms with Crippen LogP contribution in [0.5, 0.6) is 0 Å². The van der Waals surface area contributed by atoms with Gasteiger partial charge in [0.2, 0.25) is 5.91 Å². The van der Waals surface area contributed by atoms with Gasteiger partial charge in [-0.15, -0.1) is 0 Å². The third-order valence-electron chi connectivity index (χ3n) is 5.36. The molecular weight excluding hydrogens is 389 g/mol. The zero-order chi connectivity index (χ0) is 19.6. The lowest BCUT2D eigenvalue weighted by molar-refractivity contribution is -0.134. The van der Waals surface area contributed by atoms with Crippen molar-refractivity contribution < 1.29 is 14.4 Å². The number of hydrogen-bond acceptors (Lipinski definition) is 3. The lowest BCUT2D eigenvalue weighted by Crippen LogP contribution is -2.44. The van der Waals surface area contributed by atoms with Crippen LogP contribution in [0.4, 0.5) is 4.79 Å². The Hall–Kier alpha value is -1.79. The molecule has 1 saturated heterocycles. The normalized spacial score (nSPS) is 23.4. The molecule has 3 rings (SSSR count). The van der Waals surface area contributed by atoms with Gasteiger partial charge in [-0.25, -0.2) is 4.79 Å². The fraction of sp³-hybridized carbons (Fsp3) is 0.526. The second-order valence-corrected chi connectivity index (χ2v) is 8.22. The van der Waals surface area contributed by atoms with Crippen molar-refractivity contribution in [1.82, 2.24) is 15.5 Å². The van der Waals surface area contributed by atoms with Gasteiger partial charge in [0, 0.05) is 22.2 Å². The maximum Gasteiger partial charge on any atom is 0.325 e. The summed E-state index contributed by atoms with van der Waals surface area (Å²) >= 11 is 12.1. The lowest BCUT2D eigenvalue weighted by Gasteiger charge is -2.24. The Bertz CT molecular complexity index is 765. The van der Waals surface area contributed by atoms with Crippen LogP contribution in [0.1, 0.15) is 44.6 Å². The SMILES string of the molecule is C[C@@]1(c2ccc(Cl)cc2Cl)NC(=O)N(CC(=O)NCC2CCCCC2)C1=O. The predicted molar refractivity (Wildman–Crippen MR) is 104 cm³/mol. The Balaban J connectivity index is 1.65. The maximum atomic E-state index is 12.9. The monoisotopic (exact) mass is 411 g/mol. The van der Waals surface area contributed by atoms with Crippen molar-refractivity contribution in [3.8, 4) is 0 Å². The van der Waals surface area contributed by atoms with Gasteiger partial charge in [-0.3, -0.25) is 14.5 Å². The van der Waals surface area contributed by atoms with E-state index in [1.54, 1.807) is 19.1 Å². The van der Waals surface area contributed by atoms with Crippen molar-refractivity contribution in [2.45, 2.75) is 44.6 Å². The number of nitrogens with one attached hydrogen (secondary N) is 2. The standard InChI is InChI=1S/C19H23Cl2N3O3/c1-19(14-8-7-13(20)9-15(14)21)17(26)24(18(27)23-19)11-16(25)22-10-12-5-3-2-4-6-12/h7-9,12H,2-6,10-11H2,1H3,(H,22,25)(H,23,27)/t19-/m0/s1. The summed E-state index contributed by atoms with van der Waals surface area (Å²) in [4.78, 5) is 38.4. The quantitative estimate of drug-likeness (QED) is 0.728. The molecule has 146 valence electrons. The van der Waals surface area contributed by atoms with E-state index < -0.39 is 17.5 Å². The van der Waals surface area contributed by atoms with E-state index >= 15 is 0 Å². The van der Waals surface area contributed by atoms with Gasteiger partial charge in [-0.2, -0.15) is 0 Å². The number of nitrogens with zero attached hydrogens (tertiary/aromatic N) is 1.